The van der Waals surface area contributed by atoms with Crippen molar-refractivity contribution >= 4 is 50.6 Å². The number of aryl methyl sites for hydroxylation is 1. The van der Waals surface area contributed by atoms with E-state index in [9.17, 15) is 18.0 Å². The van der Waals surface area contributed by atoms with Gasteiger partial charge in [-0.3, -0.25) is 15.0 Å². The number of H-pyrrole nitrogens is 2. The molecule has 0 bridgehead atoms. The molecule has 0 fully saturated rings. The van der Waals surface area contributed by atoms with Crippen LogP contribution in [0.5, 0.6) is 0 Å². The molecule has 1 amide bonds. The average Bonchev–Trinajstić information content (AvgIpc) is 3.60. The quantitative estimate of drug-likeness (QED) is 0.218. The highest BCUT2D eigenvalue weighted by Gasteiger charge is 2.38. The Morgan fingerprint density at radius 3 is 2.51 bits per heavy atom. The van der Waals surface area contributed by atoms with E-state index in [0.717, 1.165) is 32.9 Å². The predicted molar refractivity (Wildman–Crippen MR) is 130 cm³/mol. The Labute approximate surface area is 209 Å². The van der Waals surface area contributed by atoms with Gasteiger partial charge in [-0.05, 0) is 43.3 Å². The van der Waals surface area contributed by atoms with Crippen molar-refractivity contribution in [2.45, 2.75) is 13.1 Å². The fourth-order valence-electron chi connectivity index (χ4n) is 3.00. The van der Waals surface area contributed by atoms with Crippen LogP contribution in [0.15, 0.2) is 54.7 Å². The number of aliphatic carboxylic acids is 1. The first-order valence-electron chi connectivity index (χ1n) is 10.4. The van der Waals surface area contributed by atoms with Gasteiger partial charge in [0.05, 0.1) is 17.4 Å². The molecule has 3 aromatic heterocycles. The number of carbonyl (C=O) groups is 2. The van der Waals surface area contributed by atoms with E-state index >= 15 is 0 Å². The molecule has 0 saturated carbocycles. The number of aromatic amines is 2. The molecule has 11 nitrogen and oxygen atoms in total. The zero-order valence-electron chi connectivity index (χ0n) is 18.8. The average molecular weight is 530 g/mol. The molecule has 37 heavy (non-hydrogen) atoms. The first kappa shape index (κ1) is 25.3. The molecule has 0 spiro atoms. The van der Waals surface area contributed by atoms with E-state index in [1.807, 2.05) is 49.4 Å². The van der Waals surface area contributed by atoms with Crippen LogP contribution >= 0.6 is 11.3 Å². The molecule has 190 valence electrons. The lowest BCUT2D eigenvalue weighted by molar-refractivity contribution is -0.192. The van der Waals surface area contributed by atoms with Gasteiger partial charge in [0.25, 0.3) is 5.91 Å². The number of carboxylic acid groups (broad SMARTS) is 1. The lowest BCUT2D eigenvalue weighted by Crippen LogP contribution is -2.21. The summed E-state index contributed by atoms with van der Waals surface area (Å²) in [6.45, 7) is 1.82. The Morgan fingerprint density at radius 1 is 1.03 bits per heavy atom. The zero-order valence-corrected chi connectivity index (χ0v) is 19.6. The second-order valence-electron chi connectivity index (χ2n) is 7.47. The van der Waals surface area contributed by atoms with Crippen molar-refractivity contribution in [1.82, 2.24) is 30.6 Å². The number of nitrogens with zero attached hydrogens (tertiary/aromatic N) is 4. The van der Waals surface area contributed by atoms with Gasteiger partial charge in [-0.15, -0.1) is 10.2 Å². The van der Waals surface area contributed by atoms with E-state index in [1.165, 1.54) is 11.3 Å². The standard InChI is InChI=1S/C20H16N8OS.C2HF3O2/c1-11-7-17(26-24-11)18(29)22-14-4-2-3-12(8-14)19-27-28-20(30-19)23-15-5-6-16-13(9-15)10-21-25-16;3-2(4,5)1(6)7/h2-10H,1H3,(H,21,25)(H,22,29)(H,23,28)(H,24,26);(H,6,7). The van der Waals surface area contributed by atoms with Crippen molar-refractivity contribution in [3.63, 3.8) is 0 Å². The van der Waals surface area contributed by atoms with Crippen LogP contribution in [0.2, 0.25) is 0 Å². The Morgan fingerprint density at radius 2 is 1.81 bits per heavy atom. The summed E-state index contributed by atoms with van der Waals surface area (Å²) < 4.78 is 31.7. The number of benzene rings is 2. The molecule has 0 saturated heterocycles. The molecule has 3 heterocycles. The van der Waals surface area contributed by atoms with Crippen molar-refractivity contribution in [2.24, 2.45) is 0 Å². The second-order valence-corrected chi connectivity index (χ2v) is 8.45. The molecular weight excluding hydrogens is 513 g/mol. The maximum Gasteiger partial charge on any atom is 0.490 e. The summed E-state index contributed by atoms with van der Waals surface area (Å²) in [5.41, 5.74) is 4.58. The van der Waals surface area contributed by atoms with E-state index in [0.29, 0.717) is 16.5 Å². The normalized spacial score (nSPS) is 11.0. The number of carbonyl (C=O) groups excluding carboxylic acids is 1. The van der Waals surface area contributed by atoms with Crippen LogP contribution < -0.4 is 10.6 Å². The third-order valence-corrected chi connectivity index (χ3v) is 5.56. The lowest BCUT2D eigenvalue weighted by atomic mass is 10.2. The number of hydrogen-bond donors (Lipinski definition) is 5. The first-order valence-corrected chi connectivity index (χ1v) is 11.2. The SMILES string of the molecule is Cc1cc(C(=O)Nc2cccc(-c3nnc(Nc4ccc5[nH]ncc5c4)s3)c2)[nH]n1.O=C(O)C(F)(F)F. The molecule has 5 rings (SSSR count). The third-order valence-electron chi connectivity index (χ3n) is 4.68. The molecule has 0 aliphatic heterocycles. The van der Waals surface area contributed by atoms with Crippen LogP contribution in [-0.2, 0) is 4.79 Å². The number of rotatable bonds is 5. The van der Waals surface area contributed by atoms with Gasteiger partial charge in [-0.25, -0.2) is 4.79 Å². The summed E-state index contributed by atoms with van der Waals surface area (Å²) in [7, 11) is 0. The fraction of sp³-hybridized carbons (Fsp3) is 0.0909. The van der Waals surface area contributed by atoms with Crippen molar-refractivity contribution in [3.05, 3.63) is 66.1 Å². The zero-order chi connectivity index (χ0) is 26.6. The second kappa shape index (κ2) is 10.4. The summed E-state index contributed by atoms with van der Waals surface area (Å²) >= 11 is 1.43. The van der Waals surface area contributed by atoms with E-state index in [2.05, 4.69) is 41.2 Å². The third kappa shape index (κ3) is 6.46. The topological polar surface area (TPSA) is 162 Å². The number of anilines is 3. The van der Waals surface area contributed by atoms with Gasteiger partial charge >= 0.3 is 12.1 Å². The minimum Gasteiger partial charge on any atom is -0.475 e. The van der Waals surface area contributed by atoms with E-state index in [4.69, 9.17) is 9.90 Å². The molecule has 0 aliphatic rings. The number of amides is 1. The highest BCUT2D eigenvalue weighted by atomic mass is 32.1. The molecule has 0 radical (unpaired) electrons. The van der Waals surface area contributed by atoms with Crippen LogP contribution in [-0.4, -0.2) is 53.8 Å². The number of aromatic nitrogens is 6. The van der Waals surface area contributed by atoms with Crippen LogP contribution in [0.4, 0.5) is 29.7 Å². The van der Waals surface area contributed by atoms with Crippen LogP contribution in [0.25, 0.3) is 21.5 Å². The number of fused-ring (bicyclic) bond motifs is 1. The van der Waals surface area contributed by atoms with Gasteiger partial charge in [0.2, 0.25) is 5.13 Å². The predicted octanol–water partition coefficient (Wildman–Crippen LogP) is 4.74. The van der Waals surface area contributed by atoms with Crippen molar-refractivity contribution in [1.29, 1.82) is 0 Å². The molecule has 0 aliphatic carbocycles. The summed E-state index contributed by atoms with van der Waals surface area (Å²) in [4.78, 5) is 21.2. The van der Waals surface area contributed by atoms with Gasteiger partial charge in [0.15, 0.2) is 0 Å². The highest BCUT2D eigenvalue weighted by molar-refractivity contribution is 7.18. The summed E-state index contributed by atoms with van der Waals surface area (Å²) in [6.07, 6.45) is -3.31. The van der Waals surface area contributed by atoms with Gasteiger partial charge < -0.3 is 15.7 Å². The highest BCUT2D eigenvalue weighted by Crippen LogP contribution is 2.30. The van der Waals surface area contributed by atoms with Crippen LogP contribution in [0.3, 0.4) is 0 Å². The summed E-state index contributed by atoms with van der Waals surface area (Å²) in [5.74, 6) is -3.01. The molecular formula is C22H17F3N8O3S. The smallest absolute Gasteiger partial charge is 0.475 e. The Kier molecular flexibility index (Phi) is 7.15. The largest absolute Gasteiger partial charge is 0.490 e. The van der Waals surface area contributed by atoms with Crippen molar-refractivity contribution in [3.8, 4) is 10.6 Å². The van der Waals surface area contributed by atoms with Crippen LogP contribution in [0.1, 0.15) is 16.2 Å². The molecule has 5 N–H and O–H groups in total. The van der Waals surface area contributed by atoms with Crippen molar-refractivity contribution < 1.29 is 27.9 Å². The molecule has 5 aromatic rings. The number of carboxylic acids is 1. The minimum absolute atomic E-state index is 0.248. The van der Waals surface area contributed by atoms with Crippen molar-refractivity contribution in [2.75, 3.05) is 10.6 Å². The van der Waals surface area contributed by atoms with E-state index in [1.54, 1.807) is 12.3 Å². The lowest BCUT2D eigenvalue weighted by Gasteiger charge is -2.05. The maximum absolute atomic E-state index is 12.3. The van der Waals surface area contributed by atoms with Gasteiger partial charge in [-0.2, -0.15) is 23.4 Å². The van der Waals surface area contributed by atoms with Gasteiger partial charge in [0.1, 0.15) is 10.7 Å². The fourth-order valence-corrected chi connectivity index (χ4v) is 3.76. The van der Waals surface area contributed by atoms with Gasteiger partial charge in [0, 0.05) is 22.3 Å². The summed E-state index contributed by atoms with van der Waals surface area (Å²) in [6, 6.07) is 15.1. The number of nitrogens with one attached hydrogen (secondary N) is 4. The summed E-state index contributed by atoms with van der Waals surface area (Å²) in [5, 5.41) is 37.8. The Bertz CT molecular complexity index is 1560. The monoisotopic (exact) mass is 530 g/mol. The van der Waals surface area contributed by atoms with E-state index < -0.39 is 12.1 Å². The Balaban J connectivity index is 0.000000405. The molecule has 2 aromatic carbocycles. The van der Waals surface area contributed by atoms with Gasteiger partial charge in [-0.1, -0.05) is 23.5 Å². The number of halogens is 3. The number of alkyl halides is 3. The minimum atomic E-state index is -5.08. The molecule has 15 heteroatoms. The first-order chi connectivity index (χ1) is 17.6. The van der Waals surface area contributed by atoms with Crippen LogP contribution in [0, 0.1) is 6.92 Å². The number of hydrogen-bond acceptors (Lipinski definition) is 8. The molecule has 0 unspecified atom stereocenters. The maximum atomic E-state index is 12.3. The molecule has 0 atom stereocenters. The van der Waals surface area contributed by atoms with E-state index in [-0.39, 0.29) is 5.91 Å². The Hall–Kier alpha value is -4.79.